The second kappa shape index (κ2) is 7.88. The SMILES string of the molecule is CCN(CCO)c1ccccc1N.O=S(=O)(O)O. The van der Waals surface area contributed by atoms with Crippen LogP contribution in [0.25, 0.3) is 0 Å². The van der Waals surface area contributed by atoms with Crippen LogP contribution in [-0.4, -0.2) is 42.3 Å². The summed E-state index contributed by atoms with van der Waals surface area (Å²) < 4.78 is 31.6. The van der Waals surface area contributed by atoms with Crippen molar-refractivity contribution in [1.82, 2.24) is 0 Å². The smallest absolute Gasteiger partial charge is 0.394 e. The predicted octanol–water partition coefficient (Wildman–Crippen LogP) is 0.435. The molecule has 0 spiro atoms. The number of benzene rings is 1. The maximum atomic E-state index is 8.84. The first-order valence-electron chi connectivity index (χ1n) is 5.19. The Morgan fingerprint density at radius 1 is 1.28 bits per heavy atom. The zero-order valence-electron chi connectivity index (χ0n) is 10.0. The van der Waals surface area contributed by atoms with E-state index >= 15 is 0 Å². The average molecular weight is 278 g/mol. The highest BCUT2D eigenvalue weighted by atomic mass is 32.3. The molecule has 0 bridgehead atoms. The van der Waals surface area contributed by atoms with E-state index in [0.717, 1.165) is 17.9 Å². The van der Waals surface area contributed by atoms with Gasteiger partial charge in [-0.1, -0.05) is 12.1 Å². The van der Waals surface area contributed by atoms with Gasteiger partial charge in [0.1, 0.15) is 0 Å². The van der Waals surface area contributed by atoms with Crippen LogP contribution in [0.3, 0.4) is 0 Å². The topological polar surface area (TPSA) is 124 Å². The molecule has 0 fully saturated rings. The predicted molar refractivity (Wildman–Crippen MR) is 70.0 cm³/mol. The normalized spacial score (nSPS) is 10.4. The van der Waals surface area contributed by atoms with Crippen molar-refractivity contribution >= 4 is 21.8 Å². The van der Waals surface area contributed by atoms with Crippen LogP contribution in [0.1, 0.15) is 6.92 Å². The molecule has 0 unspecified atom stereocenters. The van der Waals surface area contributed by atoms with Crippen molar-refractivity contribution in [3.63, 3.8) is 0 Å². The number of likely N-dealkylation sites (N-methyl/N-ethyl adjacent to an activating group) is 1. The number of anilines is 2. The van der Waals surface area contributed by atoms with Gasteiger partial charge in [-0.3, -0.25) is 9.11 Å². The van der Waals surface area contributed by atoms with Gasteiger partial charge in [-0.25, -0.2) is 0 Å². The zero-order chi connectivity index (χ0) is 14.2. The third kappa shape index (κ3) is 7.85. The van der Waals surface area contributed by atoms with Crippen LogP contribution < -0.4 is 10.6 Å². The molecule has 0 aliphatic rings. The van der Waals surface area contributed by atoms with Crippen LogP contribution in [0.4, 0.5) is 11.4 Å². The largest absolute Gasteiger partial charge is 0.397 e. The molecule has 0 aliphatic heterocycles. The molecule has 8 heteroatoms. The quantitative estimate of drug-likeness (QED) is 0.465. The standard InChI is InChI=1S/C10H16N2O.H2O4S/c1-2-12(7-8-13)10-6-4-3-5-9(10)11;1-5(2,3)4/h3-6,13H,2,7-8,11H2,1H3;(H2,1,2,3,4). The monoisotopic (exact) mass is 278 g/mol. The Morgan fingerprint density at radius 2 is 1.78 bits per heavy atom. The van der Waals surface area contributed by atoms with Crippen LogP contribution in [0, 0.1) is 0 Å². The molecule has 1 aromatic carbocycles. The highest BCUT2D eigenvalue weighted by molar-refractivity contribution is 7.79. The number of nitrogen functional groups attached to an aromatic ring is 1. The molecule has 0 amide bonds. The van der Waals surface area contributed by atoms with E-state index in [2.05, 4.69) is 4.90 Å². The molecule has 1 aromatic rings. The van der Waals surface area contributed by atoms with Crippen molar-refractivity contribution in [3.05, 3.63) is 24.3 Å². The van der Waals surface area contributed by atoms with Gasteiger partial charge < -0.3 is 15.7 Å². The van der Waals surface area contributed by atoms with Gasteiger partial charge in [0, 0.05) is 13.1 Å². The number of nitrogens with two attached hydrogens (primary N) is 1. The van der Waals surface area contributed by atoms with Gasteiger partial charge >= 0.3 is 10.4 Å². The number of hydrogen-bond donors (Lipinski definition) is 4. The van der Waals surface area contributed by atoms with Crippen molar-refractivity contribution in [3.8, 4) is 0 Å². The summed E-state index contributed by atoms with van der Waals surface area (Å²) in [6, 6.07) is 7.70. The van der Waals surface area contributed by atoms with Gasteiger partial charge in [-0.2, -0.15) is 8.42 Å². The van der Waals surface area contributed by atoms with E-state index in [0.29, 0.717) is 6.54 Å². The molecule has 0 heterocycles. The zero-order valence-corrected chi connectivity index (χ0v) is 10.8. The Hall–Kier alpha value is -1.35. The summed E-state index contributed by atoms with van der Waals surface area (Å²) in [5.41, 5.74) is 7.56. The van der Waals surface area contributed by atoms with E-state index in [1.54, 1.807) is 0 Å². The summed E-state index contributed by atoms with van der Waals surface area (Å²) in [6.07, 6.45) is 0. The lowest BCUT2D eigenvalue weighted by molar-refractivity contribution is 0.302. The Labute approximate surface area is 106 Å². The van der Waals surface area contributed by atoms with E-state index < -0.39 is 10.4 Å². The minimum absolute atomic E-state index is 0.155. The first kappa shape index (κ1) is 16.6. The maximum absolute atomic E-state index is 8.84. The second-order valence-corrected chi connectivity index (χ2v) is 4.21. The van der Waals surface area contributed by atoms with Crippen LogP contribution in [0.2, 0.25) is 0 Å². The molecule has 0 radical (unpaired) electrons. The third-order valence-corrected chi connectivity index (χ3v) is 2.03. The summed E-state index contributed by atoms with van der Waals surface area (Å²) in [4.78, 5) is 2.05. The van der Waals surface area contributed by atoms with Gasteiger partial charge in [0.15, 0.2) is 0 Å². The number of rotatable bonds is 4. The average Bonchev–Trinajstić information content (AvgIpc) is 2.25. The van der Waals surface area contributed by atoms with Crippen molar-refractivity contribution < 1.29 is 22.6 Å². The molecule has 0 saturated heterocycles. The Kier molecular flexibility index (Phi) is 7.29. The maximum Gasteiger partial charge on any atom is 0.394 e. The highest BCUT2D eigenvalue weighted by Crippen LogP contribution is 2.21. The Bertz CT molecular complexity index is 441. The van der Waals surface area contributed by atoms with Crippen molar-refractivity contribution in [2.75, 3.05) is 30.3 Å². The van der Waals surface area contributed by atoms with E-state index in [1.807, 2.05) is 31.2 Å². The summed E-state index contributed by atoms with van der Waals surface area (Å²) >= 11 is 0. The molecule has 0 aromatic heterocycles. The number of hydrogen-bond acceptors (Lipinski definition) is 5. The van der Waals surface area contributed by atoms with Gasteiger partial charge in [0.2, 0.25) is 0 Å². The highest BCUT2D eigenvalue weighted by Gasteiger charge is 2.05. The van der Waals surface area contributed by atoms with E-state index in [1.165, 1.54) is 0 Å². The molecular weight excluding hydrogens is 260 g/mol. The van der Waals surface area contributed by atoms with E-state index in [4.69, 9.17) is 28.4 Å². The van der Waals surface area contributed by atoms with Crippen LogP contribution >= 0.6 is 0 Å². The summed E-state index contributed by atoms with van der Waals surface area (Å²) in [7, 11) is -4.67. The molecule has 5 N–H and O–H groups in total. The first-order valence-corrected chi connectivity index (χ1v) is 6.59. The molecular formula is C10H18N2O5S. The fourth-order valence-electron chi connectivity index (χ4n) is 1.35. The van der Waals surface area contributed by atoms with Crippen LogP contribution in [0.5, 0.6) is 0 Å². The summed E-state index contributed by atoms with van der Waals surface area (Å²) in [5.74, 6) is 0. The second-order valence-electron chi connectivity index (χ2n) is 3.31. The van der Waals surface area contributed by atoms with E-state index in [9.17, 15) is 0 Å². The lowest BCUT2D eigenvalue weighted by Crippen LogP contribution is -2.26. The summed E-state index contributed by atoms with van der Waals surface area (Å²) in [6.45, 7) is 3.68. The van der Waals surface area contributed by atoms with Crippen LogP contribution in [0.15, 0.2) is 24.3 Å². The van der Waals surface area contributed by atoms with Crippen molar-refractivity contribution in [1.29, 1.82) is 0 Å². The molecule has 18 heavy (non-hydrogen) atoms. The van der Waals surface area contributed by atoms with E-state index in [-0.39, 0.29) is 6.61 Å². The molecule has 0 saturated carbocycles. The number of aliphatic hydroxyl groups excluding tert-OH is 1. The lowest BCUT2D eigenvalue weighted by Gasteiger charge is -2.23. The minimum atomic E-state index is -4.67. The molecule has 104 valence electrons. The Balaban J connectivity index is 0.000000494. The first-order chi connectivity index (χ1) is 8.29. The van der Waals surface area contributed by atoms with Gasteiger partial charge in [-0.15, -0.1) is 0 Å². The van der Waals surface area contributed by atoms with Gasteiger partial charge in [0.25, 0.3) is 0 Å². The fraction of sp³-hybridized carbons (Fsp3) is 0.400. The lowest BCUT2D eigenvalue weighted by atomic mass is 10.2. The molecule has 1 rings (SSSR count). The van der Waals surface area contributed by atoms with Crippen molar-refractivity contribution in [2.24, 2.45) is 0 Å². The molecule has 7 nitrogen and oxygen atoms in total. The fourth-order valence-corrected chi connectivity index (χ4v) is 1.35. The van der Waals surface area contributed by atoms with Gasteiger partial charge in [0.05, 0.1) is 18.0 Å². The minimum Gasteiger partial charge on any atom is -0.397 e. The number of para-hydroxylation sites is 2. The van der Waals surface area contributed by atoms with Crippen molar-refractivity contribution in [2.45, 2.75) is 6.92 Å². The number of aliphatic hydroxyl groups is 1. The Morgan fingerprint density at radius 3 is 2.17 bits per heavy atom. The van der Waals surface area contributed by atoms with Crippen LogP contribution in [-0.2, 0) is 10.4 Å². The number of nitrogens with zero attached hydrogens (tertiary/aromatic N) is 1. The molecule has 0 aliphatic carbocycles. The van der Waals surface area contributed by atoms with Gasteiger partial charge in [-0.05, 0) is 19.1 Å². The third-order valence-electron chi connectivity index (χ3n) is 2.03. The summed E-state index contributed by atoms with van der Waals surface area (Å²) in [5, 5.41) is 8.84. The molecule has 0 atom stereocenters.